The molecule has 0 saturated heterocycles. The predicted molar refractivity (Wildman–Crippen MR) is 51.1 cm³/mol. The zero-order chi connectivity index (χ0) is 9.14. The van der Waals surface area contributed by atoms with Gasteiger partial charge in [-0.1, -0.05) is 36.1 Å². The number of allylic oxidation sites excluding steroid dienone is 2. The zero-order valence-corrected chi connectivity index (χ0v) is 7.60. The van der Waals surface area contributed by atoms with Crippen LogP contribution in [0.2, 0.25) is 0 Å². The van der Waals surface area contributed by atoms with E-state index in [2.05, 4.69) is 6.58 Å². The normalized spacial score (nSPS) is 24.1. The molecule has 0 aromatic rings. The van der Waals surface area contributed by atoms with Crippen molar-refractivity contribution < 1.29 is 9.90 Å². The van der Waals surface area contributed by atoms with Crippen molar-refractivity contribution in [2.45, 2.75) is 12.2 Å². The Hall–Kier alpha value is -0.960. The van der Waals surface area contributed by atoms with Gasteiger partial charge in [0.15, 0.2) is 0 Å². The first-order valence-electron chi connectivity index (χ1n) is 3.55. The number of carbonyl (C=O) groups excluding carboxylic acids is 1. The Labute approximate surface area is 75.7 Å². The third-order valence-corrected chi connectivity index (χ3v) is 2.52. The maximum atomic E-state index is 10.8. The van der Waals surface area contributed by atoms with Crippen LogP contribution < -0.4 is 0 Å². The molecule has 0 aromatic carbocycles. The van der Waals surface area contributed by atoms with Crippen LogP contribution in [0.5, 0.6) is 0 Å². The lowest BCUT2D eigenvalue weighted by Gasteiger charge is -2.02. The predicted octanol–water partition coefficient (Wildman–Crippen LogP) is 2.20. The van der Waals surface area contributed by atoms with Gasteiger partial charge in [-0.25, -0.2) is 0 Å². The highest BCUT2D eigenvalue weighted by atomic mass is 32.2. The van der Waals surface area contributed by atoms with E-state index in [0.717, 1.165) is 17.3 Å². The van der Waals surface area contributed by atoms with E-state index in [4.69, 9.17) is 0 Å². The molecule has 1 aliphatic heterocycles. The number of aliphatic hydroxyl groups is 1. The molecule has 0 saturated carbocycles. The molecule has 0 bridgehead atoms. The molecule has 1 atom stereocenters. The number of thioether (sulfide) groups is 1. The van der Waals surface area contributed by atoms with E-state index in [9.17, 15) is 9.90 Å². The summed E-state index contributed by atoms with van der Waals surface area (Å²) in [4.78, 5) is 10.8. The van der Waals surface area contributed by atoms with E-state index in [1.54, 1.807) is 6.08 Å². The van der Waals surface area contributed by atoms with E-state index in [1.165, 1.54) is 6.08 Å². The van der Waals surface area contributed by atoms with Crippen molar-refractivity contribution >= 4 is 16.9 Å². The first-order chi connectivity index (χ1) is 5.63. The molecule has 1 aliphatic rings. The molecule has 1 rings (SSSR count). The second kappa shape index (κ2) is 3.63. The van der Waals surface area contributed by atoms with Gasteiger partial charge in [-0.3, -0.25) is 4.79 Å². The van der Waals surface area contributed by atoms with Gasteiger partial charge in [0, 0.05) is 6.08 Å². The van der Waals surface area contributed by atoms with E-state index < -0.39 is 0 Å². The topological polar surface area (TPSA) is 37.3 Å². The van der Waals surface area contributed by atoms with Gasteiger partial charge in [-0.15, -0.1) is 0 Å². The van der Waals surface area contributed by atoms with Crippen molar-refractivity contribution in [1.29, 1.82) is 0 Å². The van der Waals surface area contributed by atoms with Crippen molar-refractivity contribution in [3.63, 3.8) is 0 Å². The van der Waals surface area contributed by atoms with E-state index >= 15 is 0 Å². The summed E-state index contributed by atoms with van der Waals surface area (Å²) < 4.78 is 0. The molecule has 12 heavy (non-hydrogen) atoms. The van der Waals surface area contributed by atoms with E-state index in [1.807, 2.05) is 13.0 Å². The zero-order valence-electron chi connectivity index (χ0n) is 6.78. The molecule has 0 fully saturated rings. The average molecular weight is 182 g/mol. The first kappa shape index (κ1) is 9.13. The molecule has 2 nitrogen and oxygen atoms in total. The van der Waals surface area contributed by atoms with Crippen molar-refractivity contribution in [1.82, 2.24) is 0 Å². The molecule has 1 N–H and O–H groups in total. The Kier molecular flexibility index (Phi) is 2.76. The Bertz CT molecular complexity index is 276. The number of hydrogen-bond acceptors (Lipinski definition) is 3. The second-order valence-electron chi connectivity index (χ2n) is 2.54. The smallest absolute Gasteiger partial charge is 0.216 e. The van der Waals surface area contributed by atoms with E-state index in [0.29, 0.717) is 0 Å². The minimum absolute atomic E-state index is 0.0920. The molecule has 0 radical (unpaired) electrons. The summed E-state index contributed by atoms with van der Waals surface area (Å²) in [5.41, 5.74) is 0.960. The molecular weight excluding hydrogens is 172 g/mol. The van der Waals surface area contributed by atoms with Crippen LogP contribution in [0.25, 0.3) is 0 Å². The molecule has 0 aliphatic carbocycles. The van der Waals surface area contributed by atoms with Crippen molar-refractivity contribution in [3.05, 3.63) is 36.1 Å². The van der Waals surface area contributed by atoms with Crippen LogP contribution in [0.3, 0.4) is 0 Å². The van der Waals surface area contributed by atoms with Crippen molar-refractivity contribution in [2.24, 2.45) is 0 Å². The second-order valence-corrected chi connectivity index (χ2v) is 3.69. The summed E-state index contributed by atoms with van der Waals surface area (Å²) in [5.74, 6) is 0.131. The first-order valence-corrected chi connectivity index (χ1v) is 4.43. The standard InChI is InChI=1S/C9H10O2S/c1-3-6(2)4-8-7(10)5-9(11)12-8/h3-5,8,10H,1H2,2H3/b6-4+. The molecule has 0 amide bonds. The lowest BCUT2D eigenvalue weighted by molar-refractivity contribution is -0.106. The summed E-state index contributed by atoms with van der Waals surface area (Å²) in [5, 5.41) is 8.94. The van der Waals surface area contributed by atoms with E-state index in [-0.39, 0.29) is 16.1 Å². The Morgan fingerprint density at radius 2 is 2.50 bits per heavy atom. The molecule has 64 valence electrons. The summed E-state index contributed by atoms with van der Waals surface area (Å²) >= 11 is 1.11. The van der Waals surface area contributed by atoms with Crippen LogP contribution >= 0.6 is 11.8 Å². The lowest BCUT2D eigenvalue weighted by atomic mass is 10.2. The molecule has 1 heterocycles. The SMILES string of the molecule is C=C/C(C)=C/C1SC(=O)C=C1O. The maximum Gasteiger partial charge on any atom is 0.216 e. The fourth-order valence-electron chi connectivity index (χ4n) is 0.849. The summed E-state index contributed by atoms with van der Waals surface area (Å²) in [6, 6.07) is 0. The maximum absolute atomic E-state index is 10.8. The average Bonchev–Trinajstić information content (AvgIpc) is 2.30. The number of carbonyl (C=O) groups is 1. The van der Waals surface area contributed by atoms with Gasteiger partial charge >= 0.3 is 0 Å². The Morgan fingerprint density at radius 3 is 2.92 bits per heavy atom. The quantitative estimate of drug-likeness (QED) is 0.665. The van der Waals surface area contributed by atoms with Crippen molar-refractivity contribution in [2.75, 3.05) is 0 Å². The van der Waals surface area contributed by atoms with Gasteiger partial charge < -0.3 is 5.11 Å². The number of aliphatic hydroxyl groups excluding tert-OH is 1. The summed E-state index contributed by atoms with van der Waals surface area (Å²) in [7, 11) is 0. The Morgan fingerprint density at radius 1 is 1.83 bits per heavy atom. The van der Waals surface area contributed by atoms with Crippen LogP contribution in [0.15, 0.2) is 36.1 Å². The van der Waals surface area contributed by atoms with Crippen LogP contribution in [-0.2, 0) is 4.79 Å². The number of hydrogen-bond donors (Lipinski definition) is 1. The fraction of sp³-hybridized carbons (Fsp3) is 0.222. The van der Waals surface area contributed by atoms with Crippen LogP contribution in [-0.4, -0.2) is 15.5 Å². The molecule has 0 spiro atoms. The molecule has 1 unspecified atom stereocenters. The lowest BCUT2D eigenvalue weighted by Crippen LogP contribution is -1.98. The minimum Gasteiger partial charge on any atom is -0.511 e. The van der Waals surface area contributed by atoms with Crippen LogP contribution in [0, 0.1) is 0 Å². The van der Waals surface area contributed by atoms with Gasteiger partial charge in [0.25, 0.3) is 0 Å². The fourth-order valence-corrected chi connectivity index (χ4v) is 1.76. The van der Waals surface area contributed by atoms with Gasteiger partial charge in [-0.05, 0) is 6.92 Å². The van der Waals surface area contributed by atoms with Gasteiger partial charge in [0.2, 0.25) is 5.12 Å². The number of rotatable bonds is 2. The molecular formula is C9H10O2S. The highest BCUT2D eigenvalue weighted by Gasteiger charge is 2.22. The summed E-state index contributed by atoms with van der Waals surface area (Å²) in [6.07, 6.45) is 4.76. The van der Waals surface area contributed by atoms with Gasteiger partial charge in [-0.2, -0.15) is 0 Å². The monoisotopic (exact) mass is 182 g/mol. The minimum atomic E-state index is -0.213. The summed E-state index contributed by atoms with van der Waals surface area (Å²) in [6.45, 7) is 5.46. The highest BCUT2D eigenvalue weighted by Crippen LogP contribution is 2.28. The van der Waals surface area contributed by atoms with Crippen LogP contribution in [0.4, 0.5) is 0 Å². The van der Waals surface area contributed by atoms with Crippen molar-refractivity contribution in [3.8, 4) is 0 Å². The largest absolute Gasteiger partial charge is 0.511 e. The third-order valence-electron chi connectivity index (χ3n) is 1.54. The Balaban J connectivity index is 2.74. The molecule has 0 aromatic heterocycles. The highest BCUT2D eigenvalue weighted by molar-refractivity contribution is 8.15. The van der Waals surface area contributed by atoms with Crippen LogP contribution in [0.1, 0.15) is 6.92 Å². The third kappa shape index (κ3) is 2.01. The van der Waals surface area contributed by atoms with Gasteiger partial charge in [0.05, 0.1) is 5.25 Å². The molecule has 3 heteroatoms. The van der Waals surface area contributed by atoms with Gasteiger partial charge in [0.1, 0.15) is 5.76 Å².